The minimum atomic E-state index is -3.69. The fraction of sp³-hybridized carbons (Fsp3) is 0.0526. The number of hydrogen-bond donors (Lipinski definition) is 2. The van der Waals surface area contributed by atoms with Crippen LogP contribution >= 0.6 is 22.7 Å². The Morgan fingerprint density at radius 2 is 1.90 bits per heavy atom. The normalized spacial score (nSPS) is 11.4. The average molecular weight is 446 g/mol. The number of carbonyl (C=O) groups is 1. The van der Waals surface area contributed by atoms with Gasteiger partial charge in [-0.05, 0) is 47.8 Å². The van der Waals surface area contributed by atoms with Crippen molar-refractivity contribution in [3.05, 3.63) is 77.0 Å². The zero-order valence-electron chi connectivity index (χ0n) is 14.9. The van der Waals surface area contributed by atoms with Gasteiger partial charge in [-0.1, -0.05) is 6.07 Å². The summed E-state index contributed by atoms with van der Waals surface area (Å²) in [5.74, 6) is 0.165. The molecule has 0 radical (unpaired) electrons. The lowest BCUT2D eigenvalue weighted by atomic mass is 10.3. The largest absolute Gasteiger partial charge is 0.468 e. The zero-order valence-corrected chi connectivity index (χ0v) is 17.3. The van der Waals surface area contributed by atoms with Crippen LogP contribution in [0.1, 0.15) is 16.2 Å². The van der Waals surface area contributed by atoms with Crippen molar-refractivity contribution in [2.75, 3.05) is 5.32 Å². The van der Waals surface area contributed by atoms with Gasteiger partial charge in [-0.2, -0.15) is 0 Å². The summed E-state index contributed by atoms with van der Waals surface area (Å²) in [5.41, 5.74) is 0.792. The van der Waals surface area contributed by atoms with Crippen molar-refractivity contribution in [3.8, 4) is 9.88 Å². The minimum Gasteiger partial charge on any atom is -0.468 e. The third kappa shape index (κ3) is 4.62. The molecule has 29 heavy (non-hydrogen) atoms. The number of benzene rings is 1. The van der Waals surface area contributed by atoms with E-state index in [-0.39, 0.29) is 17.3 Å². The molecule has 0 unspecified atom stereocenters. The first-order valence-corrected chi connectivity index (χ1v) is 11.7. The molecule has 0 fully saturated rings. The van der Waals surface area contributed by atoms with Crippen molar-refractivity contribution in [3.63, 3.8) is 0 Å². The van der Waals surface area contributed by atoms with E-state index >= 15 is 0 Å². The van der Waals surface area contributed by atoms with Crippen LogP contribution in [-0.2, 0) is 16.6 Å². The van der Waals surface area contributed by atoms with Gasteiger partial charge in [-0.15, -0.1) is 22.7 Å². The molecule has 0 spiro atoms. The molecule has 2 N–H and O–H groups in total. The molecule has 0 aliphatic carbocycles. The highest BCUT2D eigenvalue weighted by Crippen LogP contribution is 2.28. The van der Waals surface area contributed by atoms with E-state index in [1.807, 2.05) is 17.5 Å². The molecule has 10 heteroatoms. The van der Waals surface area contributed by atoms with Crippen molar-refractivity contribution < 1.29 is 17.6 Å². The quantitative estimate of drug-likeness (QED) is 0.444. The van der Waals surface area contributed by atoms with Gasteiger partial charge < -0.3 is 9.73 Å². The lowest BCUT2D eigenvalue weighted by Gasteiger charge is -2.07. The van der Waals surface area contributed by atoms with Gasteiger partial charge in [0.2, 0.25) is 10.0 Å². The highest BCUT2D eigenvalue weighted by molar-refractivity contribution is 7.89. The molecule has 7 nitrogen and oxygen atoms in total. The number of aromatic nitrogens is 1. The average Bonchev–Trinajstić information content (AvgIpc) is 3.49. The Kier molecular flexibility index (Phi) is 5.58. The van der Waals surface area contributed by atoms with Crippen LogP contribution in [0.25, 0.3) is 9.88 Å². The lowest BCUT2D eigenvalue weighted by molar-refractivity contribution is 0.102. The van der Waals surface area contributed by atoms with Crippen LogP contribution in [0.2, 0.25) is 0 Å². The van der Waals surface area contributed by atoms with Crippen LogP contribution in [0.4, 0.5) is 5.69 Å². The van der Waals surface area contributed by atoms with Gasteiger partial charge in [0.1, 0.15) is 16.5 Å². The van der Waals surface area contributed by atoms with Crippen LogP contribution in [0, 0.1) is 0 Å². The molecule has 148 valence electrons. The molecule has 1 amide bonds. The molecule has 0 saturated carbocycles. The summed E-state index contributed by atoms with van der Waals surface area (Å²) in [6.45, 7) is 0.0597. The second kappa shape index (κ2) is 8.29. The number of thiazole rings is 1. The fourth-order valence-electron chi connectivity index (χ4n) is 2.47. The smallest absolute Gasteiger partial charge is 0.275 e. The number of nitrogens with zero attached hydrogens (tertiary/aromatic N) is 1. The van der Waals surface area contributed by atoms with E-state index in [1.54, 1.807) is 28.8 Å². The van der Waals surface area contributed by atoms with Gasteiger partial charge in [0, 0.05) is 11.1 Å². The number of rotatable bonds is 7. The second-order valence-electron chi connectivity index (χ2n) is 5.90. The van der Waals surface area contributed by atoms with Crippen molar-refractivity contribution in [2.24, 2.45) is 0 Å². The number of hydrogen-bond acceptors (Lipinski definition) is 7. The van der Waals surface area contributed by atoms with Crippen molar-refractivity contribution >= 4 is 44.3 Å². The molecule has 1 aromatic carbocycles. The molecule has 4 rings (SSSR count). The van der Waals surface area contributed by atoms with Gasteiger partial charge >= 0.3 is 0 Å². The Bertz CT molecular complexity index is 1200. The number of nitrogens with one attached hydrogen (secondary N) is 2. The summed E-state index contributed by atoms with van der Waals surface area (Å²) < 4.78 is 32.3. The maximum atomic E-state index is 12.4. The minimum absolute atomic E-state index is 0.0597. The molecule has 0 bridgehead atoms. The first-order chi connectivity index (χ1) is 14.0. The standard InChI is InChI=1S/C19H15N3O4S3/c23-18(16-12-28-19(22-16)17-4-2-10-27-17)21-13-5-7-15(8-6-13)29(24,25)20-11-14-3-1-9-26-14/h1-10,12,20H,11H2,(H,21,23). The zero-order chi connectivity index (χ0) is 20.3. The van der Waals surface area contributed by atoms with E-state index in [2.05, 4.69) is 15.0 Å². The van der Waals surface area contributed by atoms with Crippen LogP contribution < -0.4 is 10.0 Å². The van der Waals surface area contributed by atoms with Gasteiger partial charge in [-0.25, -0.2) is 18.1 Å². The summed E-state index contributed by atoms with van der Waals surface area (Å²) in [6.07, 6.45) is 1.48. The van der Waals surface area contributed by atoms with E-state index in [0.29, 0.717) is 17.1 Å². The number of sulfonamides is 1. The van der Waals surface area contributed by atoms with Crippen molar-refractivity contribution in [2.45, 2.75) is 11.4 Å². The number of thiophene rings is 1. The van der Waals surface area contributed by atoms with Gasteiger partial charge in [0.25, 0.3) is 5.91 Å². The maximum Gasteiger partial charge on any atom is 0.275 e. The molecular weight excluding hydrogens is 430 g/mol. The van der Waals surface area contributed by atoms with Crippen LogP contribution in [0.15, 0.2) is 74.9 Å². The van der Waals surface area contributed by atoms with E-state index in [9.17, 15) is 13.2 Å². The Balaban J connectivity index is 1.40. The number of carbonyl (C=O) groups excluding carboxylic acids is 1. The molecule has 0 atom stereocenters. The van der Waals surface area contributed by atoms with E-state index in [1.165, 1.54) is 41.9 Å². The summed E-state index contributed by atoms with van der Waals surface area (Å²) in [4.78, 5) is 17.9. The molecule has 3 heterocycles. The van der Waals surface area contributed by atoms with E-state index in [0.717, 1.165) is 9.88 Å². The summed E-state index contributed by atoms with van der Waals surface area (Å²) in [5, 5.41) is 7.16. The van der Waals surface area contributed by atoms with Gasteiger partial charge in [0.05, 0.1) is 22.6 Å². The summed E-state index contributed by atoms with van der Waals surface area (Å²) in [7, 11) is -3.69. The van der Waals surface area contributed by atoms with E-state index in [4.69, 9.17) is 4.42 Å². The fourth-order valence-corrected chi connectivity index (χ4v) is 5.07. The third-order valence-corrected chi connectivity index (χ3v) is 7.21. The van der Waals surface area contributed by atoms with Gasteiger partial charge in [0.15, 0.2) is 0 Å². The number of furan rings is 1. The predicted octanol–water partition coefficient (Wildman–Crippen LogP) is 4.20. The first kappa shape index (κ1) is 19.5. The Labute approximate surface area is 175 Å². The second-order valence-corrected chi connectivity index (χ2v) is 9.47. The molecule has 0 saturated heterocycles. The number of anilines is 1. The molecule has 0 aliphatic heterocycles. The molecular formula is C19H15N3O4S3. The number of amides is 1. The molecule has 3 aromatic heterocycles. The Morgan fingerprint density at radius 3 is 2.59 bits per heavy atom. The topological polar surface area (TPSA) is 101 Å². The first-order valence-electron chi connectivity index (χ1n) is 8.44. The third-order valence-electron chi connectivity index (χ3n) is 3.91. The Hall–Kier alpha value is -2.79. The maximum absolute atomic E-state index is 12.4. The lowest BCUT2D eigenvalue weighted by Crippen LogP contribution is -2.23. The van der Waals surface area contributed by atoms with Crippen LogP contribution in [0.3, 0.4) is 0 Å². The van der Waals surface area contributed by atoms with Crippen LogP contribution in [-0.4, -0.2) is 19.3 Å². The highest BCUT2D eigenvalue weighted by Gasteiger charge is 2.16. The summed E-state index contributed by atoms with van der Waals surface area (Å²) in [6, 6.07) is 13.2. The van der Waals surface area contributed by atoms with Crippen molar-refractivity contribution in [1.82, 2.24) is 9.71 Å². The summed E-state index contributed by atoms with van der Waals surface area (Å²) >= 11 is 2.96. The monoisotopic (exact) mass is 445 g/mol. The predicted molar refractivity (Wildman–Crippen MR) is 113 cm³/mol. The highest BCUT2D eigenvalue weighted by atomic mass is 32.2. The van der Waals surface area contributed by atoms with Crippen LogP contribution in [0.5, 0.6) is 0 Å². The SMILES string of the molecule is O=C(Nc1ccc(S(=O)(=O)NCc2ccco2)cc1)c1csc(-c2cccs2)n1. The Morgan fingerprint density at radius 1 is 1.07 bits per heavy atom. The molecule has 4 aromatic rings. The van der Waals surface area contributed by atoms with Crippen molar-refractivity contribution in [1.29, 1.82) is 0 Å². The van der Waals surface area contributed by atoms with E-state index < -0.39 is 10.0 Å². The molecule has 0 aliphatic rings. The van der Waals surface area contributed by atoms with Gasteiger partial charge in [-0.3, -0.25) is 4.79 Å².